The van der Waals surface area contributed by atoms with Gasteiger partial charge in [-0.15, -0.1) is 0 Å². The maximum Gasteiger partial charge on any atom is 0.414 e. The smallest absolute Gasteiger partial charge is 0.414 e. The lowest BCUT2D eigenvalue weighted by atomic mass is 10.2. The molecule has 1 aliphatic rings. The van der Waals surface area contributed by atoms with Crippen LogP contribution in [0.4, 0.5) is 10.5 Å². The molecule has 0 aliphatic carbocycles. The molecule has 1 fully saturated rings. The molecular formula is C11H13NO5. The van der Waals surface area contributed by atoms with Gasteiger partial charge in [-0.1, -0.05) is 0 Å². The van der Waals surface area contributed by atoms with Crippen LogP contribution in [-0.2, 0) is 4.74 Å². The maximum absolute atomic E-state index is 11.4. The highest BCUT2D eigenvalue weighted by atomic mass is 16.6. The second kappa shape index (κ2) is 4.40. The molecule has 1 saturated heterocycles. The third kappa shape index (κ3) is 1.82. The molecule has 0 saturated carbocycles. The van der Waals surface area contributed by atoms with Crippen LogP contribution in [0.1, 0.15) is 0 Å². The topological polar surface area (TPSA) is 68.2 Å². The molecule has 1 aromatic rings. The summed E-state index contributed by atoms with van der Waals surface area (Å²) in [5.41, 5.74) is 0.466. The molecule has 2 rings (SSSR count). The van der Waals surface area contributed by atoms with Gasteiger partial charge in [0.25, 0.3) is 0 Å². The number of phenols is 1. The zero-order valence-electron chi connectivity index (χ0n) is 9.60. The first-order chi connectivity index (χ1) is 8.19. The Kier molecular flexibility index (Phi) is 2.95. The average Bonchev–Trinajstić information content (AvgIpc) is 2.75. The molecule has 1 N–H and O–H groups in total. The Balaban J connectivity index is 2.47. The zero-order valence-corrected chi connectivity index (χ0v) is 9.60. The van der Waals surface area contributed by atoms with Crippen molar-refractivity contribution in [1.82, 2.24) is 0 Å². The minimum Gasteiger partial charge on any atom is -0.502 e. The highest BCUT2D eigenvalue weighted by Gasteiger charge is 2.28. The van der Waals surface area contributed by atoms with Crippen molar-refractivity contribution in [2.24, 2.45) is 0 Å². The Morgan fingerprint density at radius 3 is 2.65 bits per heavy atom. The number of methoxy groups -OCH3 is 2. The first kappa shape index (κ1) is 11.4. The fourth-order valence-electron chi connectivity index (χ4n) is 1.73. The van der Waals surface area contributed by atoms with Gasteiger partial charge in [0, 0.05) is 0 Å². The summed E-state index contributed by atoms with van der Waals surface area (Å²) in [6.45, 7) is 0.760. The van der Waals surface area contributed by atoms with E-state index in [1.165, 1.54) is 19.1 Å². The molecule has 0 atom stereocenters. The molecule has 92 valence electrons. The number of benzene rings is 1. The molecule has 0 unspecified atom stereocenters. The van der Waals surface area contributed by atoms with E-state index >= 15 is 0 Å². The lowest BCUT2D eigenvalue weighted by Gasteiger charge is -2.18. The number of aromatic hydroxyl groups is 1. The summed E-state index contributed by atoms with van der Waals surface area (Å²) >= 11 is 0. The van der Waals surface area contributed by atoms with Crippen molar-refractivity contribution >= 4 is 11.8 Å². The number of hydrogen-bond acceptors (Lipinski definition) is 5. The zero-order chi connectivity index (χ0) is 12.4. The quantitative estimate of drug-likeness (QED) is 0.862. The van der Waals surface area contributed by atoms with Crippen LogP contribution in [0.3, 0.4) is 0 Å². The fraction of sp³-hybridized carbons (Fsp3) is 0.364. The normalized spacial score (nSPS) is 14.7. The van der Waals surface area contributed by atoms with Crippen LogP contribution in [0.25, 0.3) is 0 Å². The van der Waals surface area contributed by atoms with E-state index in [0.717, 1.165) is 0 Å². The van der Waals surface area contributed by atoms with Crippen LogP contribution < -0.4 is 14.4 Å². The van der Waals surface area contributed by atoms with Crippen LogP contribution >= 0.6 is 0 Å². The van der Waals surface area contributed by atoms with Crippen LogP contribution in [0.15, 0.2) is 12.1 Å². The Morgan fingerprint density at radius 1 is 1.35 bits per heavy atom. The van der Waals surface area contributed by atoms with Gasteiger partial charge in [-0.3, -0.25) is 4.90 Å². The molecule has 1 amide bonds. The molecule has 1 aromatic carbocycles. The van der Waals surface area contributed by atoms with Gasteiger partial charge in [0.2, 0.25) is 5.75 Å². The summed E-state index contributed by atoms with van der Waals surface area (Å²) in [6, 6.07) is 3.21. The predicted octanol–water partition coefficient (Wildman–Crippen LogP) is 1.37. The molecule has 0 spiro atoms. The number of ether oxygens (including phenoxy) is 3. The average molecular weight is 239 g/mol. The highest BCUT2D eigenvalue weighted by Crippen LogP contribution is 2.43. The second-order valence-corrected chi connectivity index (χ2v) is 3.43. The van der Waals surface area contributed by atoms with Crippen LogP contribution in [0, 0.1) is 0 Å². The SMILES string of the molecule is COc1ccc(N2CCOC2=O)c(OC)c1O. The van der Waals surface area contributed by atoms with Crippen LogP contribution in [0.5, 0.6) is 17.2 Å². The van der Waals surface area contributed by atoms with Crippen LogP contribution in [0.2, 0.25) is 0 Å². The Hall–Kier alpha value is -2.11. The number of cyclic esters (lactones) is 1. The lowest BCUT2D eigenvalue weighted by molar-refractivity contribution is 0.181. The minimum absolute atomic E-state index is 0.132. The lowest BCUT2D eigenvalue weighted by Crippen LogP contribution is -2.23. The van der Waals surface area contributed by atoms with E-state index < -0.39 is 6.09 Å². The van der Waals surface area contributed by atoms with Gasteiger partial charge >= 0.3 is 6.09 Å². The number of carbonyl (C=O) groups excluding carboxylic acids is 1. The molecule has 0 radical (unpaired) electrons. The highest BCUT2D eigenvalue weighted by molar-refractivity contribution is 5.92. The third-order valence-corrected chi connectivity index (χ3v) is 2.55. The molecule has 0 bridgehead atoms. The molecular weight excluding hydrogens is 226 g/mol. The number of nitrogens with zero attached hydrogens (tertiary/aromatic N) is 1. The summed E-state index contributed by atoms with van der Waals surface area (Å²) in [5, 5.41) is 9.89. The van der Waals surface area contributed by atoms with E-state index in [-0.39, 0.29) is 17.2 Å². The van der Waals surface area contributed by atoms with Gasteiger partial charge in [0.05, 0.1) is 26.5 Å². The first-order valence-corrected chi connectivity index (χ1v) is 5.07. The van der Waals surface area contributed by atoms with E-state index in [1.807, 2.05) is 0 Å². The first-order valence-electron chi connectivity index (χ1n) is 5.07. The van der Waals surface area contributed by atoms with E-state index in [0.29, 0.717) is 18.8 Å². The number of amides is 1. The molecule has 6 heteroatoms. The number of anilines is 1. The Labute approximate surface area is 98.3 Å². The number of phenolic OH excluding ortho intramolecular Hbond substituents is 1. The Bertz CT molecular complexity index is 446. The van der Waals surface area contributed by atoms with Gasteiger partial charge in [-0.05, 0) is 12.1 Å². The summed E-state index contributed by atoms with van der Waals surface area (Å²) in [6.07, 6.45) is -0.451. The monoisotopic (exact) mass is 239 g/mol. The summed E-state index contributed by atoms with van der Waals surface area (Å²) in [4.78, 5) is 12.8. The summed E-state index contributed by atoms with van der Waals surface area (Å²) in [5.74, 6) is 0.355. The molecule has 0 aromatic heterocycles. The molecule has 1 aliphatic heterocycles. The maximum atomic E-state index is 11.4. The van der Waals surface area contributed by atoms with E-state index in [1.54, 1.807) is 12.1 Å². The standard InChI is InChI=1S/C11H13NO5/c1-15-8-4-3-7(10(16-2)9(8)13)12-5-6-17-11(12)14/h3-4,13H,5-6H2,1-2H3. The van der Waals surface area contributed by atoms with E-state index in [2.05, 4.69) is 0 Å². The summed E-state index contributed by atoms with van der Waals surface area (Å²) < 4.78 is 14.9. The number of rotatable bonds is 3. The molecule has 17 heavy (non-hydrogen) atoms. The van der Waals surface area contributed by atoms with Gasteiger partial charge in [0.15, 0.2) is 11.5 Å². The minimum atomic E-state index is -0.451. The number of carbonyl (C=O) groups is 1. The third-order valence-electron chi connectivity index (χ3n) is 2.55. The van der Waals surface area contributed by atoms with Gasteiger partial charge < -0.3 is 19.3 Å². The van der Waals surface area contributed by atoms with Gasteiger partial charge in [-0.25, -0.2) is 4.79 Å². The van der Waals surface area contributed by atoms with E-state index in [9.17, 15) is 9.90 Å². The fourth-order valence-corrected chi connectivity index (χ4v) is 1.73. The van der Waals surface area contributed by atoms with Crippen molar-refractivity contribution in [1.29, 1.82) is 0 Å². The van der Waals surface area contributed by atoms with Crippen LogP contribution in [-0.4, -0.2) is 38.6 Å². The Morgan fingerprint density at radius 2 is 2.12 bits per heavy atom. The van der Waals surface area contributed by atoms with Crippen molar-refractivity contribution in [2.45, 2.75) is 0 Å². The van der Waals surface area contributed by atoms with Crippen molar-refractivity contribution < 1.29 is 24.1 Å². The molecule has 1 heterocycles. The largest absolute Gasteiger partial charge is 0.502 e. The van der Waals surface area contributed by atoms with Gasteiger partial charge in [-0.2, -0.15) is 0 Å². The summed E-state index contributed by atoms with van der Waals surface area (Å²) in [7, 11) is 2.86. The van der Waals surface area contributed by atoms with Gasteiger partial charge in [0.1, 0.15) is 6.61 Å². The van der Waals surface area contributed by atoms with E-state index in [4.69, 9.17) is 14.2 Å². The van der Waals surface area contributed by atoms with Crippen molar-refractivity contribution in [3.63, 3.8) is 0 Å². The predicted molar refractivity (Wildman–Crippen MR) is 59.9 cm³/mol. The van der Waals surface area contributed by atoms with Crippen molar-refractivity contribution in [3.05, 3.63) is 12.1 Å². The van der Waals surface area contributed by atoms with Crippen molar-refractivity contribution in [2.75, 3.05) is 32.3 Å². The molecule has 6 nitrogen and oxygen atoms in total. The number of hydrogen-bond donors (Lipinski definition) is 1. The second-order valence-electron chi connectivity index (χ2n) is 3.43. The van der Waals surface area contributed by atoms with Crippen molar-refractivity contribution in [3.8, 4) is 17.2 Å².